The van der Waals surface area contributed by atoms with Gasteiger partial charge in [-0.25, -0.2) is 0 Å². The number of halogens is 3. The highest BCUT2D eigenvalue weighted by Gasteiger charge is 2.27. The van der Waals surface area contributed by atoms with Crippen LogP contribution in [0.15, 0.2) is 29.4 Å². The van der Waals surface area contributed by atoms with Crippen LogP contribution in [0.3, 0.4) is 0 Å². The van der Waals surface area contributed by atoms with Crippen molar-refractivity contribution in [1.29, 1.82) is 0 Å². The second-order valence-corrected chi connectivity index (χ2v) is 3.40. The molecule has 0 atom stereocenters. The van der Waals surface area contributed by atoms with E-state index in [9.17, 15) is 13.2 Å². The number of hydrogen-bond acceptors (Lipinski definition) is 3. The molecular formula is C11H12F3NO2. The fourth-order valence-electron chi connectivity index (χ4n) is 1.22. The Bertz CT molecular complexity index is 402. The molecule has 0 saturated carbocycles. The zero-order valence-corrected chi connectivity index (χ0v) is 9.16. The molecule has 1 aromatic rings. The van der Waals surface area contributed by atoms with Crippen LogP contribution in [0.4, 0.5) is 13.2 Å². The normalized spacial score (nSPS) is 12.6. The molecule has 0 saturated heterocycles. The number of hydrogen-bond donors (Lipinski definition) is 1. The first kappa shape index (κ1) is 13.3. The number of benzene rings is 1. The summed E-state index contributed by atoms with van der Waals surface area (Å²) < 4.78 is 40.8. The maximum atomic E-state index is 11.9. The molecule has 3 nitrogen and oxygen atoms in total. The summed E-state index contributed by atoms with van der Waals surface area (Å²) in [6, 6.07) is 6.45. The van der Waals surface area contributed by atoms with E-state index in [2.05, 4.69) is 5.16 Å². The number of ether oxygens (including phenoxy) is 1. The van der Waals surface area contributed by atoms with E-state index in [1.165, 1.54) is 13.0 Å². The lowest BCUT2D eigenvalue weighted by Crippen LogP contribution is -2.14. The fraction of sp³-hybridized carbons (Fsp3) is 0.364. The second-order valence-electron chi connectivity index (χ2n) is 3.40. The number of oxime groups is 1. The predicted octanol–water partition coefficient (Wildman–Crippen LogP) is 3.22. The first-order valence-corrected chi connectivity index (χ1v) is 4.91. The minimum absolute atomic E-state index is 0.270. The van der Waals surface area contributed by atoms with Crippen molar-refractivity contribution < 1.29 is 23.1 Å². The molecule has 0 radical (unpaired) electrons. The minimum atomic E-state index is -4.24. The van der Waals surface area contributed by atoms with E-state index in [-0.39, 0.29) is 11.5 Å². The monoisotopic (exact) mass is 247 g/mol. The molecule has 0 heterocycles. The Balaban J connectivity index is 2.71. The highest BCUT2D eigenvalue weighted by Crippen LogP contribution is 2.22. The smallest absolute Gasteiger partial charge is 0.392 e. The van der Waals surface area contributed by atoms with Gasteiger partial charge in [0.25, 0.3) is 0 Å². The van der Waals surface area contributed by atoms with E-state index < -0.39 is 19.2 Å². The lowest BCUT2D eigenvalue weighted by atomic mass is 10.1. The van der Waals surface area contributed by atoms with Gasteiger partial charge in [-0.2, -0.15) is 13.2 Å². The van der Waals surface area contributed by atoms with Crippen molar-refractivity contribution in [1.82, 2.24) is 0 Å². The quantitative estimate of drug-likeness (QED) is 0.504. The van der Waals surface area contributed by atoms with Crippen molar-refractivity contribution in [2.24, 2.45) is 5.16 Å². The SMILES string of the molecule is CC(=NO)c1ccccc1OCCC(F)(F)F. The number of para-hydroxylation sites is 1. The summed E-state index contributed by atoms with van der Waals surface area (Å²) in [6.45, 7) is 1.07. The lowest BCUT2D eigenvalue weighted by molar-refractivity contribution is -0.139. The first-order chi connectivity index (χ1) is 7.94. The van der Waals surface area contributed by atoms with Gasteiger partial charge in [0.15, 0.2) is 0 Å². The van der Waals surface area contributed by atoms with E-state index in [0.29, 0.717) is 5.56 Å². The average molecular weight is 247 g/mol. The fourth-order valence-corrected chi connectivity index (χ4v) is 1.22. The van der Waals surface area contributed by atoms with E-state index in [1.807, 2.05) is 0 Å². The summed E-state index contributed by atoms with van der Waals surface area (Å²) in [6.07, 6.45) is -5.26. The standard InChI is InChI=1S/C11H12F3NO2/c1-8(15-16)9-4-2-3-5-10(9)17-7-6-11(12,13)14/h2-5,16H,6-7H2,1H3. The molecule has 0 unspecified atom stereocenters. The Kier molecular flexibility index (Phi) is 4.37. The highest BCUT2D eigenvalue weighted by molar-refractivity contribution is 6.00. The summed E-state index contributed by atoms with van der Waals surface area (Å²) in [5.41, 5.74) is 0.754. The molecule has 1 N–H and O–H groups in total. The molecule has 0 amide bonds. The molecular weight excluding hydrogens is 235 g/mol. The number of alkyl halides is 3. The van der Waals surface area contributed by atoms with Gasteiger partial charge in [-0.15, -0.1) is 0 Å². The van der Waals surface area contributed by atoms with Gasteiger partial charge >= 0.3 is 6.18 Å². The van der Waals surface area contributed by atoms with Crippen LogP contribution in [0.1, 0.15) is 18.9 Å². The van der Waals surface area contributed by atoms with Gasteiger partial charge in [0.1, 0.15) is 5.75 Å². The van der Waals surface area contributed by atoms with Crippen molar-refractivity contribution >= 4 is 5.71 Å². The summed E-state index contributed by atoms with van der Waals surface area (Å²) >= 11 is 0. The van der Waals surface area contributed by atoms with Crippen LogP contribution in [-0.2, 0) is 0 Å². The number of rotatable bonds is 4. The lowest BCUT2D eigenvalue weighted by Gasteiger charge is -2.11. The van der Waals surface area contributed by atoms with Crippen molar-refractivity contribution in [2.75, 3.05) is 6.61 Å². The van der Waals surface area contributed by atoms with Crippen molar-refractivity contribution in [3.63, 3.8) is 0 Å². The molecule has 1 rings (SSSR count). The molecule has 0 fully saturated rings. The van der Waals surface area contributed by atoms with E-state index in [0.717, 1.165) is 0 Å². The van der Waals surface area contributed by atoms with Gasteiger partial charge in [-0.1, -0.05) is 17.3 Å². The second kappa shape index (κ2) is 5.56. The van der Waals surface area contributed by atoms with Crippen molar-refractivity contribution in [2.45, 2.75) is 19.5 Å². The van der Waals surface area contributed by atoms with Crippen LogP contribution in [-0.4, -0.2) is 23.7 Å². The van der Waals surface area contributed by atoms with Gasteiger partial charge in [0.2, 0.25) is 0 Å². The molecule has 0 aliphatic carbocycles. The van der Waals surface area contributed by atoms with Gasteiger partial charge in [0, 0.05) is 5.56 Å². The average Bonchev–Trinajstić information content (AvgIpc) is 2.27. The van der Waals surface area contributed by atoms with Crippen LogP contribution in [0.2, 0.25) is 0 Å². The van der Waals surface area contributed by atoms with Crippen molar-refractivity contribution in [3.8, 4) is 5.75 Å². The van der Waals surface area contributed by atoms with Crippen LogP contribution < -0.4 is 4.74 Å². The Labute approximate surface area is 96.5 Å². The summed E-state index contributed by atoms with van der Waals surface area (Å²) in [7, 11) is 0. The third kappa shape index (κ3) is 4.34. The van der Waals surface area contributed by atoms with Crippen LogP contribution in [0.5, 0.6) is 5.75 Å². The zero-order valence-electron chi connectivity index (χ0n) is 9.16. The first-order valence-electron chi connectivity index (χ1n) is 4.91. The Morgan fingerprint density at radius 2 is 2.00 bits per heavy atom. The zero-order chi connectivity index (χ0) is 12.9. The van der Waals surface area contributed by atoms with Gasteiger partial charge in [0.05, 0.1) is 18.7 Å². The Morgan fingerprint density at radius 1 is 1.35 bits per heavy atom. The minimum Gasteiger partial charge on any atom is -0.493 e. The molecule has 0 bridgehead atoms. The molecule has 94 valence electrons. The third-order valence-electron chi connectivity index (χ3n) is 2.07. The summed E-state index contributed by atoms with van der Waals surface area (Å²) in [4.78, 5) is 0. The molecule has 0 spiro atoms. The van der Waals surface area contributed by atoms with Gasteiger partial charge in [-0.3, -0.25) is 0 Å². The third-order valence-corrected chi connectivity index (χ3v) is 2.07. The molecule has 17 heavy (non-hydrogen) atoms. The maximum absolute atomic E-state index is 11.9. The van der Waals surface area contributed by atoms with Crippen LogP contribution in [0.25, 0.3) is 0 Å². The largest absolute Gasteiger partial charge is 0.493 e. The van der Waals surface area contributed by atoms with E-state index in [4.69, 9.17) is 9.94 Å². The molecule has 0 aliphatic rings. The van der Waals surface area contributed by atoms with E-state index in [1.54, 1.807) is 18.2 Å². The van der Waals surface area contributed by atoms with Gasteiger partial charge in [-0.05, 0) is 19.1 Å². The molecule has 6 heteroatoms. The molecule has 0 aliphatic heterocycles. The summed E-state index contributed by atoms with van der Waals surface area (Å²) in [5.74, 6) is 0.270. The highest BCUT2D eigenvalue weighted by atomic mass is 19.4. The Hall–Kier alpha value is -1.72. The molecule has 1 aromatic carbocycles. The van der Waals surface area contributed by atoms with Crippen LogP contribution in [0, 0.1) is 0 Å². The summed E-state index contributed by atoms with van der Waals surface area (Å²) in [5, 5.41) is 11.6. The molecule has 0 aromatic heterocycles. The maximum Gasteiger partial charge on any atom is 0.392 e. The Morgan fingerprint density at radius 3 is 2.59 bits per heavy atom. The van der Waals surface area contributed by atoms with E-state index >= 15 is 0 Å². The van der Waals surface area contributed by atoms with Crippen LogP contribution >= 0.6 is 0 Å². The predicted molar refractivity (Wildman–Crippen MR) is 56.6 cm³/mol. The van der Waals surface area contributed by atoms with Crippen molar-refractivity contribution in [3.05, 3.63) is 29.8 Å². The van der Waals surface area contributed by atoms with Gasteiger partial charge < -0.3 is 9.94 Å². The number of nitrogens with zero attached hydrogens (tertiary/aromatic N) is 1. The topological polar surface area (TPSA) is 41.8 Å².